The molecule has 70 heavy (non-hydrogen) atoms. The molecule has 11 aromatic rings. The minimum atomic E-state index is -3.02. The number of hydrogen-bond donors (Lipinski definition) is 0. The van der Waals surface area contributed by atoms with Gasteiger partial charge in [-0.3, -0.25) is 0 Å². The van der Waals surface area contributed by atoms with E-state index >= 15 is 0 Å². The first-order valence-corrected chi connectivity index (χ1v) is 26.3. The molecule has 0 bridgehead atoms. The summed E-state index contributed by atoms with van der Waals surface area (Å²) < 4.78 is 0. The molecule has 2 aliphatic rings. The van der Waals surface area contributed by atoms with E-state index in [0.29, 0.717) is 0 Å². The molecule has 11 aromatic carbocycles. The van der Waals surface area contributed by atoms with Crippen LogP contribution < -0.4 is 30.5 Å². The van der Waals surface area contributed by atoms with E-state index in [2.05, 4.69) is 301 Å². The van der Waals surface area contributed by atoms with E-state index in [1.165, 1.54) is 76.6 Å². The molecule has 1 aliphatic carbocycles. The monoisotopic (exact) mass is 908 g/mol. The molecule has 0 aromatic heterocycles. The van der Waals surface area contributed by atoms with Gasteiger partial charge < -0.3 is 9.80 Å². The average Bonchev–Trinajstić information content (AvgIpc) is 3.74. The van der Waals surface area contributed by atoms with Crippen LogP contribution in [0.3, 0.4) is 0 Å². The van der Waals surface area contributed by atoms with E-state index in [1.807, 2.05) is 0 Å². The highest BCUT2D eigenvalue weighted by molar-refractivity contribution is 7.21. The smallest absolute Gasteiger partial charge is 0.184 e. The van der Waals surface area contributed by atoms with Crippen LogP contribution in [0.4, 0.5) is 34.1 Å². The van der Waals surface area contributed by atoms with Gasteiger partial charge >= 0.3 is 0 Å². The van der Waals surface area contributed by atoms with Gasteiger partial charge in [-0.15, -0.1) is 0 Å². The Morgan fingerprint density at radius 3 is 1.41 bits per heavy atom. The Hall–Kier alpha value is -8.76. The molecule has 0 amide bonds. The van der Waals surface area contributed by atoms with Crippen molar-refractivity contribution in [2.45, 2.75) is 5.41 Å². The van der Waals surface area contributed by atoms with Crippen molar-refractivity contribution in [1.29, 1.82) is 0 Å². The van der Waals surface area contributed by atoms with Gasteiger partial charge in [0.1, 0.15) is 0 Å². The summed E-state index contributed by atoms with van der Waals surface area (Å²) in [6.07, 6.45) is 0. The lowest BCUT2D eigenvalue weighted by Crippen LogP contribution is -2.77. The summed E-state index contributed by atoms with van der Waals surface area (Å²) in [4.78, 5) is 4.99. The van der Waals surface area contributed by atoms with Crippen LogP contribution in [0.1, 0.15) is 22.3 Å². The summed E-state index contributed by atoms with van der Waals surface area (Å²) in [5.41, 5.74) is 16.3. The first-order chi connectivity index (χ1) is 34.7. The topological polar surface area (TPSA) is 6.48 Å². The lowest BCUT2D eigenvalue weighted by molar-refractivity contribution is 0.768. The number of para-hydroxylation sites is 2. The molecule has 2 nitrogen and oxygen atoms in total. The maximum absolute atomic E-state index is 3.02. The Balaban J connectivity index is 1.11. The van der Waals surface area contributed by atoms with Gasteiger partial charge in [0.05, 0.1) is 5.41 Å². The number of benzene rings is 11. The molecule has 0 saturated carbocycles. The number of anilines is 6. The molecule has 0 spiro atoms. The zero-order chi connectivity index (χ0) is 46.5. The fraction of sp³-hybridized carbons (Fsp3) is 0.0149. The second-order valence-corrected chi connectivity index (χ2v) is 22.1. The Labute approximate surface area is 411 Å². The van der Waals surface area contributed by atoms with Crippen molar-refractivity contribution in [2.24, 2.45) is 0 Å². The fourth-order valence-electron chi connectivity index (χ4n) is 11.9. The van der Waals surface area contributed by atoms with Gasteiger partial charge in [-0.25, -0.2) is 0 Å². The molecule has 0 atom stereocenters. The highest BCUT2D eigenvalue weighted by Gasteiger charge is 2.50. The van der Waals surface area contributed by atoms with Crippen LogP contribution in [0.5, 0.6) is 0 Å². The van der Waals surface area contributed by atoms with Crippen molar-refractivity contribution in [2.75, 3.05) is 9.80 Å². The molecule has 0 radical (unpaired) electrons. The van der Waals surface area contributed by atoms with Crippen LogP contribution in [0.25, 0.3) is 22.3 Å². The predicted octanol–water partition coefficient (Wildman–Crippen LogP) is 14.3. The Bertz CT molecular complexity index is 3560. The van der Waals surface area contributed by atoms with Gasteiger partial charge in [0, 0.05) is 34.1 Å². The number of fused-ring (bicyclic) bond motifs is 5. The van der Waals surface area contributed by atoms with Gasteiger partial charge in [0.15, 0.2) is 8.07 Å². The number of rotatable bonds is 9. The number of nitrogens with zero attached hydrogens (tertiary/aromatic N) is 2. The van der Waals surface area contributed by atoms with Gasteiger partial charge in [-0.1, -0.05) is 231 Å². The summed E-state index contributed by atoms with van der Waals surface area (Å²) in [5, 5.41) is 5.41. The quantitative estimate of drug-likeness (QED) is 0.133. The zero-order valence-electron chi connectivity index (χ0n) is 38.6. The van der Waals surface area contributed by atoms with Crippen molar-refractivity contribution in [1.82, 2.24) is 0 Å². The lowest BCUT2D eigenvalue weighted by Gasteiger charge is -2.45. The minimum Gasteiger partial charge on any atom is -0.311 e. The first kappa shape index (κ1) is 41.4. The van der Waals surface area contributed by atoms with Gasteiger partial charge in [-0.2, -0.15) is 0 Å². The third kappa shape index (κ3) is 6.40. The van der Waals surface area contributed by atoms with E-state index in [4.69, 9.17) is 0 Å². The Morgan fingerprint density at radius 1 is 0.314 bits per heavy atom. The largest absolute Gasteiger partial charge is 0.311 e. The summed E-state index contributed by atoms with van der Waals surface area (Å²) in [7, 11) is -3.02. The third-order valence-corrected chi connectivity index (χ3v) is 19.6. The van der Waals surface area contributed by atoms with Crippen LogP contribution >= 0.6 is 0 Å². The summed E-state index contributed by atoms with van der Waals surface area (Å²) >= 11 is 0. The minimum absolute atomic E-state index is 0.550. The third-order valence-electron chi connectivity index (χ3n) is 14.8. The lowest BCUT2D eigenvalue weighted by atomic mass is 9.67. The van der Waals surface area contributed by atoms with E-state index in [-0.39, 0.29) is 0 Å². The second kappa shape index (κ2) is 17.1. The normalized spacial score (nSPS) is 13.6. The van der Waals surface area contributed by atoms with Crippen molar-refractivity contribution in [3.05, 3.63) is 313 Å². The van der Waals surface area contributed by atoms with Crippen LogP contribution in [-0.2, 0) is 5.41 Å². The van der Waals surface area contributed by atoms with Crippen LogP contribution in [0.2, 0.25) is 0 Å². The first-order valence-electron chi connectivity index (χ1n) is 24.3. The maximum atomic E-state index is 2.54. The van der Waals surface area contributed by atoms with Crippen LogP contribution in [0.15, 0.2) is 291 Å². The molecule has 0 unspecified atom stereocenters. The van der Waals surface area contributed by atoms with Crippen LogP contribution in [-0.4, -0.2) is 8.07 Å². The molecule has 0 saturated heterocycles. The fourth-order valence-corrected chi connectivity index (χ4v) is 17.0. The van der Waals surface area contributed by atoms with Gasteiger partial charge in [-0.05, 0) is 126 Å². The molecule has 0 fully saturated rings. The van der Waals surface area contributed by atoms with Crippen molar-refractivity contribution in [3.63, 3.8) is 0 Å². The number of hydrogen-bond acceptors (Lipinski definition) is 2. The van der Waals surface area contributed by atoms with E-state index < -0.39 is 13.5 Å². The van der Waals surface area contributed by atoms with Crippen molar-refractivity contribution >= 4 is 62.9 Å². The van der Waals surface area contributed by atoms with Crippen molar-refractivity contribution < 1.29 is 0 Å². The SMILES string of the molecule is c1ccc(-c2ccc(N(c3ccc4c(c3)C(c3ccccc3)(c3ccccc3)c3ccccc3-4)c3ccc4c(c3)[Si](c3ccccc3)(c3ccccc3)c3ccccc3N4c3ccccc3)cc2)cc1. The summed E-state index contributed by atoms with van der Waals surface area (Å²) in [5.74, 6) is 0. The predicted molar refractivity (Wildman–Crippen MR) is 296 cm³/mol. The van der Waals surface area contributed by atoms with E-state index in [1.54, 1.807) is 0 Å². The standard InChI is InChI=1S/C67H48N2Si/c1-7-23-49(24-8-1)50-39-41-54(42-40-50)68(55-43-45-60-59-35-19-20-36-61(59)67(62(60)47-55,51-25-9-2-10-26-51)52-27-11-3-12-28-52)56-44-46-64-66(48-56)70(57-31-15-5-16-32-57,58-33-17-6-18-34-58)65-38-22-21-37-63(65)69(64)53-29-13-4-14-30-53/h1-48H. The van der Waals surface area contributed by atoms with Crippen LogP contribution in [0, 0.1) is 0 Å². The highest BCUT2D eigenvalue weighted by atomic mass is 28.3. The average molecular weight is 909 g/mol. The highest BCUT2D eigenvalue weighted by Crippen LogP contribution is 2.57. The molecular formula is C67H48N2Si. The zero-order valence-corrected chi connectivity index (χ0v) is 39.6. The molecular weight excluding hydrogens is 861 g/mol. The molecule has 330 valence electrons. The Morgan fingerprint density at radius 2 is 0.771 bits per heavy atom. The molecule has 13 rings (SSSR count). The molecule has 3 heteroatoms. The summed E-state index contributed by atoms with van der Waals surface area (Å²) in [6.45, 7) is 0. The summed E-state index contributed by atoms with van der Waals surface area (Å²) in [6, 6.07) is 108. The van der Waals surface area contributed by atoms with Gasteiger partial charge in [0.2, 0.25) is 0 Å². The van der Waals surface area contributed by atoms with E-state index in [0.717, 1.165) is 22.7 Å². The van der Waals surface area contributed by atoms with E-state index in [9.17, 15) is 0 Å². The maximum Gasteiger partial charge on any atom is 0.184 e. The molecule has 1 aliphatic heterocycles. The second-order valence-electron chi connectivity index (χ2n) is 18.4. The van der Waals surface area contributed by atoms with Gasteiger partial charge in [0.25, 0.3) is 0 Å². The Kier molecular flexibility index (Phi) is 10.1. The van der Waals surface area contributed by atoms with Crippen molar-refractivity contribution in [3.8, 4) is 22.3 Å². The molecule has 1 heterocycles. The molecule has 0 N–H and O–H groups in total.